The summed E-state index contributed by atoms with van der Waals surface area (Å²) in [7, 11) is 6.60. The average molecular weight is 878 g/mol. The van der Waals surface area contributed by atoms with Crippen LogP contribution in [-0.4, -0.2) is 108 Å². The van der Waals surface area contributed by atoms with Gasteiger partial charge in [-0.05, 0) is 49.9 Å². The summed E-state index contributed by atoms with van der Waals surface area (Å²) >= 11 is 0. The molecule has 0 heterocycles. The van der Waals surface area contributed by atoms with E-state index in [2.05, 4.69) is 37.2 Å². The number of carbonyl (C=O) groups excluding carboxylic acids is 6. The van der Waals surface area contributed by atoms with E-state index in [1.807, 2.05) is 7.85 Å². The highest BCUT2D eigenvalue weighted by atomic mass is 16.2. The van der Waals surface area contributed by atoms with Gasteiger partial charge in [0.05, 0.1) is 17.8 Å². The number of nitrogens with one attached hydrogen (secondary N) is 7. The lowest BCUT2D eigenvalue weighted by Gasteiger charge is -2.28. The molecule has 0 bridgehead atoms. The third kappa shape index (κ3) is 19.9. The SMILES string of the molecule is B[C@H](NC(=O)[C@H](CCCCC1CCC1)NC(=O)[C@H](B)NC(=O)[C@H](CCCCC1CCC1)NC(=O)[C@H](B)NC1CCCCCCCCC1)C(=O)N[C@@H](CCCCC1CCC1)C(=O)NC. The van der Waals surface area contributed by atoms with E-state index in [-0.39, 0.29) is 17.9 Å². The van der Waals surface area contributed by atoms with E-state index in [0.717, 1.165) is 101 Å². The minimum absolute atomic E-state index is 0.217. The summed E-state index contributed by atoms with van der Waals surface area (Å²) in [5, 5.41) is 20.6. The van der Waals surface area contributed by atoms with Gasteiger partial charge in [-0.15, -0.1) is 0 Å². The molecule has 6 amide bonds. The first kappa shape index (κ1) is 52.6. The zero-order chi connectivity index (χ0) is 45.4. The van der Waals surface area contributed by atoms with Gasteiger partial charge >= 0.3 is 0 Å². The van der Waals surface area contributed by atoms with Gasteiger partial charge in [0.1, 0.15) is 41.7 Å². The van der Waals surface area contributed by atoms with Gasteiger partial charge in [0, 0.05) is 13.1 Å². The number of amides is 6. The van der Waals surface area contributed by atoms with Gasteiger partial charge < -0.3 is 37.2 Å². The molecular weight excluding hydrogens is 791 g/mol. The van der Waals surface area contributed by atoms with E-state index in [4.69, 9.17) is 0 Å². The maximum absolute atomic E-state index is 13.9. The molecule has 6 atom stereocenters. The molecule has 0 saturated heterocycles. The molecule has 0 aromatic heterocycles. The maximum atomic E-state index is 13.9. The van der Waals surface area contributed by atoms with Crippen molar-refractivity contribution in [1.29, 1.82) is 0 Å². The number of hydrogen-bond donors (Lipinski definition) is 7. The molecule has 0 radical (unpaired) electrons. The first-order valence-corrected chi connectivity index (χ1v) is 25.9. The first-order valence-electron chi connectivity index (χ1n) is 25.9. The Morgan fingerprint density at radius 2 is 0.730 bits per heavy atom. The first-order chi connectivity index (χ1) is 30.4. The normalized spacial score (nSPS) is 20.7. The Morgan fingerprint density at radius 3 is 1.06 bits per heavy atom. The molecule has 4 aliphatic carbocycles. The third-order valence-corrected chi connectivity index (χ3v) is 14.9. The van der Waals surface area contributed by atoms with Gasteiger partial charge in [0.2, 0.25) is 35.4 Å². The molecular formula is C47H86B3N7O6. The van der Waals surface area contributed by atoms with Crippen molar-refractivity contribution >= 4 is 59.0 Å². The van der Waals surface area contributed by atoms with E-state index in [0.29, 0.717) is 19.3 Å². The van der Waals surface area contributed by atoms with Crippen LogP contribution in [0.25, 0.3) is 0 Å². The van der Waals surface area contributed by atoms with Crippen molar-refractivity contribution in [2.24, 2.45) is 17.8 Å². The molecule has 4 rings (SSSR count). The lowest BCUT2D eigenvalue weighted by molar-refractivity contribution is -0.133. The van der Waals surface area contributed by atoms with E-state index < -0.39 is 59.6 Å². The topological polar surface area (TPSA) is 187 Å². The Labute approximate surface area is 383 Å². The summed E-state index contributed by atoms with van der Waals surface area (Å²) in [6.07, 6.45) is 32.0. The fourth-order valence-electron chi connectivity index (χ4n) is 9.72. The summed E-state index contributed by atoms with van der Waals surface area (Å²) in [6, 6.07) is -2.16. The van der Waals surface area contributed by atoms with Crippen LogP contribution in [0.3, 0.4) is 0 Å². The standard InChI is InChI=1S/C47H86B3N7O6/c1-51-42(58)36(29-12-9-18-32-21-15-22-32)53-46(62)40(49)56-44(60)38(31-14-11-20-34-25-17-26-34)55-47(63)41(50)57-43(59)37(30-13-10-19-33-23-16-24-33)54-45(61)39(48)52-35-27-7-5-3-2-4-6-8-28-35/h32-41,52H,2-31,48-50H2,1H3,(H,51,58)(H,53,62)(H,54,61)(H,55,63)(H,56,60)(H,57,59)/t36-,37-,38-,39+,40+,41+/m0/s1. The van der Waals surface area contributed by atoms with Gasteiger partial charge in [-0.25, -0.2) is 0 Å². The number of likely N-dealkylation sites (N-methyl/N-ethyl adjacent to an activating group) is 1. The molecule has 4 aliphatic rings. The van der Waals surface area contributed by atoms with Gasteiger partial charge in [0.25, 0.3) is 0 Å². The minimum Gasteiger partial charge on any atom is -0.357 e. The second kappa shape index (κ2) is 29.5. The Morgan fingerprint density at radius 1 is 0.397 bits per heavy atom. The van der Waals surface area contributed by atoms with Gasteiger partial charge in [-0.3, -0.25) is 28.8 Å². The van der Waals surface area contributed by atoms with Crippen LogP contribution in [0, 0.1) is 17.8 Å². The van der Waals surface area contributed by atoms with Crippen molar-refractivity contribution in [2.45, 2.75) is 235 Å². The molecule has 0 aromatic carbocycles. The lowest BCUT2D eigenvalue weighted by atomic mass is 9.81. The van der Waals surface area contributed by atoms with Crippen LogP contribution < -0.4 is 37.2 Å². The summed E-state index contributed by atoms with van der Waals surface area (Å²) in [5.41, 5.74) is 0. The monoisotopic (exact) mass is 878 g/mol. The fraction of sp³-hybridized carbons (Fsp3) is 0.872. The highest BCUT2D eigenvalue weighted by Gasteiger charge is 2.31. The zero-order valence-electron chi connectivity index (χ0n) is 39.9. The van der Waals surface area contributed by atoms with Gasteiger partial charge in [-0.1, -0.05) is 161 Å². The van der Waals surface area contributed by atoms with E-state index in [9.17, 15) is 28.8 Å². The molecule has 13 nitrogen and oxygen atoms in total. The van der Waals surface area contributed by atoms with Gasteiger partial charge in [0.15, 0.2) is 0 Å². The quantitative estimate of drug-likeness (QED) is 0.0466. The Balaban J connectivity index is 1.33. The van der Waals surface area contributed by atoms with E-state index >= 15 is 0 Å². The van der Waals surface area contributed by atoms with Crippen molar-refractivity contribution < 1.29 is 28.8 Å². The molecule has 16 heteroatoms. The molecule has 63 heavy (non-hydrogen) atoms. The molecule has 4 saturated carbocycles. The molecule has 354 valence electrons. The molecule has 0 unspecified atom stereocenters. The summed E-state index contributed by atoms with van der Waals surface area (Å²) < 4.78 is 0. The van der Waals surface area contributed by atoms with Crippen molar-refractivity contribution in [3.63, 3.8) is 0 Å². The predicted molar refractivity (Wildman–Crippen MR) is 259 cm³/mol. The molecule has 0 aliphatic heterocycles. The summed E-state index contributed by atoms with van der Waals surface area (Å²) in [4.78, 5) is 81.2. The molecule has 7 N–H and O–H groups in total. The van der Waals surface area contributed by atoms with E-state index in [1.54, 1.807) is 22.7 Å². The smallest absolute Gasteiger partial charge is 0.242 e. The van der Waals surface area contributed by atoms with Crippen LogP contribution in [0.1, 0.15) is 193 Å². The molecule has 4 fully saturated rings. The Kier molecular flexibility index (Phi) is 24.6. The number of unbranched alkanes of at least 4 members (excludes halogenated alkanes) is 3. The van der Waals surface area contributed by atoms with E-state index in [1.165, 1.54) is 89.9 Å². The summed E-state index contributed by atoms with van der Waals surface area (Å²) in [6.45, 7) is 0. The maximum Gasteiger partial charge on any atom is 0.242 e. The molecule has 0 aromatic rings. The van der Waals surface area contributed by atoms with Crippen molar-refractivity contribution in [3.8, 4) is 0 Å². The average Bonchev–Trinajstić information content (AvgIpc) is 3.21. The number of carbonyl (C=O) groups is 6. The largest absolute Gasteiger partial charge is 0.357 e. The van der Waals surface area contributed by atoms with Crippen LogP contribution in [0.15, 0.2) is 0 Å². The van der Waals surface area contributed by atoms with Crippen LogP contribution in [0.5, 0.6) is 0 Å². The van der Waals surface area contributed by atoms with Crippen LogP contribution in [-0.2, 0) is 28.8 Å². The Bertz CT molecular complexity index is 1410. The van der Waals surface area contributed by atoms with Crippen molar-refractivity contribution in [2.75, 3.05) is 7.05 Å². The highest BCUT2D eigenvalue weighted by molar-refractivity contribution is 6.27. The van der Waals surface area contributed by atoms with Crippen LogP contribution in [0.4, 0.5) is 0 Å². The predicted octanol–water partition coefficient (Wildman–Crippen LogP) is 2.86. The number of hydrogen-bond acceptors (Lipinski definition) is 7. The minimum atomic E-state index is -0.978. The van der Waals surface area contributed by atoms with Gasteiger partial charge in [-0.2, -0.15) is 0 Å². The summed E-state index contributed by atoms with van der Waals surface area (Å²) in [5.74, 6) is -2.49. The lowest BCUT2D eigenvalue weighted by Crippen LogP contribution is -2.60. The second-order valence-corrected chi connectivity index (χ2v) is 20.1. The molecule has 0 spiro atoms. The third-order valence-electron chi connectivity index (χ3n) is 14.9. The van der Waals surface area contributed by atoms with Crippen LogP contribution in [0.2, 0.25) is 0 Å². The fourth-order valence-corrected chi connectivity index (χ4v) is 9.72. The zero-order valence-corrected chi connectivity index (χ0v) is 39.9. The van der Waals surface area contributed by atoms with Crippen molar-refractivity contribution in [1.82, 2.24) is 37.2 Å². The van der Waals surface area contributed by atoms with Crippen molar-refractivity contribution in [3.05, 3.63) is 0 Å². The number of rotatable bonds is 28. The van der Waals surface area contributed by atoms with Crippen LogP contribution >= 0.6 is 0 Å². The second-order valence-electron chi connectivity index (χ2n) is 20.1. The Hall–Kier alpha value is -3.03. The highest BCUT2D eigenvalue weighted by Crippen LogP contribution is 2.32.